The van der Waals surface area contributed by atoms with Crippen LogP contribution in [0.15, 0.2) is 17.0 Å². The van der Waals surface area contributed by atoms with Gasteiger partial charge in [0, 0.05) is 0 Å². The van der Waals surface area contributed by atoms with E-state index < -0.39 is 11.6 Å². The van der Waals surface area contributed by atoms with Crippen molar-refractivity contribution in [2.45, 2.75) is 37.5 Å². The molecule has 0 saturated carbocycles. The van der Waals surface area contributed by atoms with Gasteiger partial charge in [-0.2, -0.15) is 0 Å². The maximum Gasteiger partial charge on any atom is 0.140 e. The van der Waals surface area contributed by atoms with E-state index >= 15 is 0 Å². The van der Waals surface area contributed by atoms with E-state index in [1.165, 1.54) is 12.1 Å². The molecule has 0 radical (unpaired) electrons. The first-order valence-electron chi connectivity index (χ1n) is 5.16. The van der Waals surface area contributed by atoms with Crippen molar-refractivity contribution in [3.05, 3.63) is 29.3 Å². The first-order chi connectivity index (χ1) is 7.13. The molecule has 0 fully saturated rings. The van der Waals surface area contributed by atoms with Gasteiger partial charge in [-0.3, -0.25) is 0 Å². The summed E-state index contributed by atoms with van der Waals surface area (Å²) in [6, 6.07) is 2.93. The van der Waals surface area contributed by atoms with E-state index in [9.17, 15) is 8.78 Å². The van der Waals surface area contributed by atoms with Crippen LogP contribution in [0.3, 0.4) is 0 Å². The molecule has 84 valence electrons. The van der Waals surface area contributed by atoms with Crippen molar-refractivity contribution in [3.8, 4) is 0 Å². The van der Waals surface area contributed by atoms with E-state index in [0.717, 1.165) is 30.2 Å². The number of benzene rings is 1. The van der Waals surface area contributed by atoms with Crippen molar-refractivity contribution < 1.29 is 8.78 Å². The number of thioether (sulfide) groups is 1. The second-order valence-corrected chi connectivity index (χ2v) is 4.35. The lowest BCUT2D eigenvalue weighted by Crippen LogP contribution is -1.99. The molecule has 0 aromatic heterocycles. The topological polar surface area (TPSA) is 0 Å². The van der Waals surface area contributed by atoms with Crippen molar-refractivity contribution in [2.24, 2.45) is 0 Å². The Labute approximate surface area is 94.1 Å². The summed E-state index contributed by atoms with van der Waals surface area (Å²) in [6.07, 6.45) is 3.50. The standard InChI is InChI=1S/C12H16F2S/c1-4-8(5-2)9-6-10(13)12(15-3)11(14)7-9/h6-8H,4-5H2,1-3H3. The fraction of sp³-hybridized carbons (Fsp3) is 0.500. The Balaban J connectivity index is 3.12. The Kier molecular flexibility index (Phi) is 4.58. The molecule has 0 N–H and O–H groups in total. The Morgan fingerprint density at radius 3 is 1.93 bits per heavy atom. The minimum atomic E-state index is -0.440. The molecule has 0 atom stereocenters. The van der Waals surface area contributed by atoms with Gasteiger partial charge in [-0.1, -0.05) is 13.8 Å². The molecular weight excluding hydrogens is 214 g/mol. The molecular formula is C12H16F2S. The molecule has 0 aliphatic carbocycles. The van der Waals surface area contributed by atoms with Gasteiger partial charge in [0.05, 0.1) is 4.90 Å². The van der Waals surface area contributed by atoms with Crippen molar-refractivity contribution >= 4 is 11.8 Å². The Bertz CT molecular complexity index is 309. The molecule has 15 heavy (non-hydrogen) atoms. The van der Waals surface area contributed by atoms with Crippen molar-refractivity contribution in [2.75, 3.05) is 6.26 Å². The zero-order chi connectivity index (χ0) is 11.4. The quantitative estimate of drug-likeness (QED) is 0.682. The minimum absolute atomic E-state index is 0.115. The summed E-state index contributed by atoms with van der Waals surface area (Å²) in [5, 5.41) is 0. The summed E-state index contributed by atoms with van der Waals surface area (Å²) in [7, 11) is 0. The van der Waals surface area contributed by atoms with E-state index in [1.807, 2.05) is 13.8 Å². The molecule has 1 aromatic carbocycles. The number of rotatable bonds is 4. The summed E-state index contributed by atoms with van der Waals surface area (Å²) in [6.45, 7) is 4.07. The number of hydrogen-bond acceptors (Lipinski definition) is 1. The molecule has 3 heteroatoms. The van der Waals surface area contributed by atoms with E-state index in [2.05, 4.69) is 0 Å². The predicted molar refractivity (Wildman–Crippen MR) is 61.5 cm³/mol. The zero-order valence-corrected chi connectivity index (χ0v) is 10.1. The van der Waals surface area contributed by atoms with Gasteiger partial charge >= 0.3 is 0 Å². The summed E-state index contributed by atoms with van der Waals surface area (Å²) in [5.74, 6) is -0.626. The fourth-order valence-corrected chi connectivity index (χ4v) is 2.28. The highest BCUT2D eigenvalue weighted by Gasteiger charge is 2.14. The van der Waals surface area contributed by atoms with Gasteiger partial charge in [-0.25, -0.2) is 8.78 Å². The highest BCUT2D eigenvalue weighted by Crippen LogP contribution is 2.29. The van der Waals surface area contributed by atoms with Crippen LogP contribution in [0.5, 0.6) is 0 Å². The average molecular weight is 230 g/mol. The number of hydrogen-bond donors (Lipinski definition) is 0. The molecule has 0 aliphatic heterocycles. The Morgan fingerprint density at radius 2 is 1.60 bits per heavy atom. The molecule has 0 nitrogen and oxygen atoms in total. The molecule has 0 amide bonds. The van der Waals surface area contributed by atoms with Gasteiger partial charge in [0.2, 0.25) is 0 Å². The van der Waals surface area contributed by atoms with Gasteiger partial charge in [0.1, 0.15) is 11.6 Å². The normalized spacial score (nSPS) is 11.1. The van der Waals surface area contributed by atoms with Crippen LogP contribution in [0.1, 0.15) is 38.2 Å². The second kappa shape index (κ2) is 5.50. The molecule has 0 spiro atoms. The monoisotopic (exact) mass is 230 g/mol. The van der Waals surface area contributed by atoms with Crippen LogP contribution in [0.25, 0.3) is 0 Å². The summed E-state index contributed by atoms with van der Waals surface area (Å²) in [5.41, 5.74) is 0.771. The highest BCUT2D eigenvalue weighted by atomic mass is 32.2. The lowest BCUT2D eigenvalue weighted by atomic mass is 9.94. The third-order valence-corrected chi connectivity index (χ3v) is 3.48. The van der Waals surface area contributed by atoms with Crippen molar-refractivity contribution in [1.29, 1.82) is 0 Å². The van der Waals surface area contributed by atoms with E-state index in [0.29, 0.717) is 0 Å². The molecule has 0 unspecified atom stereocenters. The molecule has 0 heterocycles. The first kappa shape index (κ1) is 12.5. The zero-order valence-electron chi connectivity index (χ0n) is 9.31. The Hall–Kier alpha value is -0.570. The van der Waals surface area contributed by atoms with Gasteiger partial charge < -0.3 is 0 Å². The smallest absolute Gasteiger partial charge is 0.140 e. The molecule has 0 bridgehead atoms. The largest absolute Gasteiger partial charge is 0.206 e. The maximum atomic E-state index is 13.5. The maximum absolute atomic E-state index is 13.5. The third-order valence-electron chi connectivity index (χ3n) is 2.68. The lowest BCUT2D eigenvalue weighted by molar-refractivity contribution is 0.528. The van der Waals surface area contributed by atoms with Gasteiger partial charge in [0.25, 0.3) is 0 Å². The van der Waals surface area contributed by atoms with Gasteiger partial charge in [0.15, 0.2) is 0 Å². The van der Waals surface area contributed by atoms with E-state index in [4.69, 9.17) is 0 Å². The molecule has 1 aromatic rings. The van der Waals surface area contributed by atoms with Gasteiger partial charge in [-0.15, -0.1) is 11.8 Å². The summed E-state index contributed by atoms with van der Waals surface area (Å²) < 4.78 is 27.0. The number of halogens is 2. The summed E-state index contributed by atoms with van der Waals surface area (Å²) in [4.78, 5) is 0.115. The first-order valence-corrected chi connectivity index (χ1v) is 6.39. The Morgan fingerprint density at radius 1 is 1.13 bits per heavy atom. The van der Waals surface area contributed by atoms with Crippen LogP contribution in [0, 0.1) is 11.6 Å². The van der Waals surface area contributed by atoms with Crippen molar-refractivity contribution in [3.63, 3.8) is 0 Å². The van der Waals surface area contributed by atoms with Crippen LogP contribution in [0.4, 0.5) is 8.78 Å². The molecule has 1 rings (SSSR count). The SMILES string of the molecule is CCC(CC)c1cc(F)c(SC)c(F)c1. The molecule has 0 saturated heterocycles. The van der Waals surface area contributed by atoms with Crippen LogP contribution < -0.4 is 0 Å². The van der Waals surface area contributed by atoms with E-state index in [1.54, 1.807) is 6.26 Å². The predicted octanol–water partition coefficient (Wildman–Crippen LogP) is 4.59. The van der Waals surface area contributed by atoms with Gasteiger partial charge in [-0.05, 0) is 42.7 Å². The van der Waals surface area contributed by atoms with Crippen LogP contribution in [0.2, 0.25) is 0 Å². The second-order valence-electron chi connectivity index (χ2n) is 3.53. The van der Waals surface area contributed by atoms with Crippen LogP contribution >= 0.6 is 11.8 Å². The fourth-order valence-electron chi connectivity index (χ4n) is 1.77. The van der Waals surface area contributed by atoms with E-state index in [-0.39, 0.29) is 10.8 Å². The highest BCUT2D eigenvalue weighted by molar-refractivity contribution is 7.98. The average Bonchev–Trinajstić information content (AvgIpc) is 2.19. The van der Waals surface area contributed by atoms with Crippen LogP contribution in [-0.2, 0) is 0 Å². The third kappa shape index (κ3) is 2.71. The van der Waals surface area contributed by atoms with Crippen LogP contribution in [-0.4, -0.2) is 6.26 Å². The van der Waals surface area contributed by atoms with Crippen molar-refractivity contribution in [1.82, 2.24) is 0 Å². The summed E-state index contributed by atoms with van der Waals surface area (Å²) >= 11 is 1.11. The minimum Gasteiger partial charge on any atom is -0.206 e. The molecule has 0 aliphatic rings. The lowest BCUT2D eigenvalue weighted by Gasteiger charge is -2.14.